The molecule has 2 atom stereocenters. The van der Waals surface area contributed by atoms with Crippen LogP contribution in [0.15, 0.2) is 24.3 Å². The predicted molar refractivity (Wildman–Crippen MR) is 85.4 cm³/mol. The maximum atomic E-state index is 12.4. The summed E-state index contributed by atoms with van der Waals surface area (Å²) >= 11 is 0. The number of amides is 1. The Labute approximate surface area is 131 Å². The van der Waals surface area contributed by atoms with E-state index in [9.17, 15) is 4.79 Å². The van der Waals surface area contributed by atoms with Crippen LogP contribution in [0.1, 0.15) is 38.2 Å². The molecule has 5 nitrogen and oxygen atoms in total. The summed E-state index contributed by atoms with van der Waals surface area (Å²) < 4.78 is 5.30. The van der Waals surface area contributed by atoms with Crippen molar-refractivity contribution in [1.29, 1.82) is 0 Å². The first-order chi connectivity index (χ1) is 10.5. The molecule has 22 heavy (non-hydrogen) atoms. The standard InChI is InChI=1S/C17H26N2O3/c1-17(18)9-3-2-4-15(17)16(21)19-12-13-5-7-14(8-6-13)22-11-10-20/h5-8,15,20H,2-4,9-12,18H2,1H3,(H,19,21). The van der Waals surface area contributed by atoms with Crippen molar-refractivity contribution in [3.05, 3.63) is 29.8 Å². The number of carbonyl (C=O) groups is 1. The highest BCUT2D eigenvalue weighted by Crippen LogP contribution is 2.31. The van der Waals surface area contributed by atoms with Gasteiger partial charge in [0.15, 0.2) is 0 Å². The molecule has 5 heteroatoms. The molecule has 0 radical (unpaired) electrons. The summed E-state index contributed by atoms with van der Waals surface area (Å²) in [5.41, 5.74) is 6.88. The number of nitrogens with two attached hydrogens (primary N) is 1. The van der Waals surface area contributed by atoms with E-state index in [1.54, 1.807) is 0 Å². The number of hydrogen-bond acceptors (Lipinski definition) is 4. The molecular weight excluding hydrogens is 280 g/mol. The van der Waals surface area contributed by atoms with Gasteiger partial charge in [0, 0.05) is 12.1 Å². The maximum Gasteiger partial charge on any atom is 0.225 e. The van der Waals surface area contributed by atoms with E-state index in [4.69, 9.17) is 15.6 Å². The fourth-order valence-corrected chi connectivity index (χ4v) is 2.97. The van der Waals surface area contributed by atoms with E-state index in [0.29, 0.717) is 12.3 Å². The van der Waals surface area contributed by atoms with Gasteiger partial charge in [0.1, 0.15) is 12.4 Å². The Hall–Kier alpha value is -1.59. The number of benzene rings is 1. The van der Waals surface area contributed by atoms with Crippen molar-refractivity contribution in [2.75, 3.05) is 13.2 Å². The van der Waals surface area contributed by atoms with Crippen LogP contribution in [-0.4, -0.2) is 29.8 Å². The van der Waals surface area contributed by atoms with Crippen molar-refractivity contribution < 1.29 is 14.6 Å². The molecule has 1 aromatic carbocycles. The second kappa shape index (κ2) is 7.61. The number of hydrogen-bond donors (Lipinski definition) is 3. The number of ether oxygens (including phenoxy) is 1. The molecule has 0 heterocycles. The lowest BCUT2D eigenvalue weighted by atomic mass is 9.74. The number of nitrogens with one attached hydrogen (secondary N) is 1. The first kappa shape index (κ1) is 16.8. The molecule has 4 N–H and O–H groups in total. The Bertz CT molecular complexity index is 485. The average molecular weight is 306 g/mol. The van der Waals surface area contributed by atoms with E-state index in [-0.39, 0.29) is 25.0 Å². The second-order valence-corrected chi connectivity index (χ2v) is 6.24. The minimum absolute atomic E-state index is 0.00292. The zero-order chi connectivity index (χ0) is 16.0. The van der Waals surface area contributed by atoms with E-state index in [0.717, 1.165) is 31.2 Å². The van der Waals surface area contributed by atoms with Crippen molar-refractivity contribution in [2.24, 2.45) is 11.7 Å². The minimum atomic E-state index is -0.398. The molecular formula is C17H26N2O3. The van der Waals surface area contributed by atoms with Gasteiger partial charge < -0.3 is 20.9 Å². The van der Waals surface area contributed by atoms with E-state index >= 15 is 0 Å². The summed E-state index contributed by atoms with van der Waals surface area (Å²) in [4.78, 5) is 12.4. The summed E-state index contributed by atoms with van der Waals surface area (Å²) in [6.07, 6.45) is 3.95. The Morgan fingerprint density at radius 3 is 2.77 bits per heavy atom. The molecule has 0 spiro atoms. The largest absolute Gasteiger partial charge is 0.491 e. The smallest absolute Gasteiger partial charge is 0.225 e. The molecule has 1 fully saturated rings. The quantitative estimate of drug-likeness (QED) is 0.745. The second-order valence-electron chi connectivity index (χ2n) is 6.24. The molecule has 2 unspecified atom stereocenters. The van der Waals surface area contributed by atoms with Gasteiger partial charge >= 0.3 is 0 Å². The van der Waals surface area contributed by atoms with Gasteiger partial charge in [-0.25, -0.2) is 0 Å². The van der Waals surface area contributed by atoms with E-state index in [1.165, 1.54) is 0 Å². The molecule has 1 saturated carbocycles. The topological polar surface area (TPSA) is 84.6 Å². The fraction of sp³-hybridized carbons (Fsp3) is 0.588. The highest BCUT2D eigenvalue weighted by molar-refractivity contribution is 5.80. The van der Waals surface area contributed by atoms with Crippen LogP contribution >= 0.6 is 0 Å². The van der Waals surface area contributed by atoms with Gasteiger partial charge in [-0.2, -0.15) is 0 Å². The van der Waals surface area contributed by atoms with Gasteiger partial charge in [-0.3, -0.25) is 4.79 Å². The molecule has 1 amide bonds. The minimum Gasteiger partial charge on any atom is -0.491 e. The monoisotopic (exact) mass is 306 g/mol. The Kier molecular flexibility index (Phi) is 5.80. The lowest BCUT2D eigenvalue weighted by Crippen LogP contribution is -2.52. The Morgan fingerprint density at radius 2 is 2.14 bits per heavy atom. The lowest BCUT2D eigenvalue weighted by molar-refractivity contribution is -0.128. The molecule has 2 rings (SSSR count). The van der Waals surface area contributed by atoms with Crippen molar-refractivity contribution >= 4 is 5.91 Å². The van der Waals surface area contributed by atoms with E-state index in [1.807, 2.05) is 31.2 Å². The van der Waals surface area contributed by atoms with Crippen LogP contribution in [0.4, 0.5) is 0 Å². The number of carbonyl (C=O) groups excluding carboxylic acids is 1. The first-order valence-corrected chi connectivity index (χ1v) is 7.92. The van der Waals surface area contributed by atoms with Crippen molar-refractivity contribution in [1.82, 2.24) is 5.32 Å². The maximum absolute atomic E-state index is 12.4. The molecule has 0 aliphatic heterocycles. The average Bonchev–Trinajstić information content (AvgIpc) is 2.51. The van der Waals surface area contributed by atoms with Gasteiger partial charge in [-0.15, -0.1) is 0 Å². The molecule has 1 aliphatic rings. The Balaban J connectivity index is 1.85. The van der Waals surface area contributed by atoms with E-state index < -0.39 is 5.54 Å². The van der Waals surface area contributed by atoms with Crippen LogP contribution in [0.5, 0.6) is 5.75 Å². The molecule has 122 valence electrons. The molecule has 1 aliphatic carbocycles. The van der Waals surface area contributed by atoms with Crippen LogP contribution in [-0.2, 0) is 11.3 Å². The normalized spacial score (nSPS) is 24.8. The van der Waals surface area contributed by atoms with Crippen molar-refractivity contribution in [3.8, 4) is 5.75 Å². The van der Waals surface area contributed by atoms with Crippen LogP contribution in [0, 0.1) is 5.92 Å². The summed E-state index contributed by atoms with van der Waals surface area (Å²) in [5.74, 6) is 0.657. The van der Waals surface area contributed by atoms with Crippen LogP contribution in [0.25, 0.3) is 0 Å². The zero-order valence-corrected chi connectivity index (χ0v) is 13.2. The predicted octanol–water partition coefficient (Wildman–Crippen LogP) is 1.58. The van der Waals surface area contributed by atoms with Crippen molar-refractivity contribution in [2.45, 2.75) is 44.7 Å². The lowest BCUT2D eigenvalue weighted by Gasteiger charge is -2.37. The third-order valence-corrected chi connectivity index (χ3v) is 4.32. The SMILES string of the molecule is CC1(N)CCCCC1C(=O)NCc1ccc(OCCO)cc1. The third kappa shape index (κ3) is 4.45. The first-order valence-electron chi connectivity index (χ1n) is 7.92. The summed E-state index contributed by atoms with van der Waals surface area (Å²) in [5, 5.41) is 11.7. The van der Waals surface area contributed by atoms with Crippen LogP contribution in [0.3, 0.4) is 0 Å². The van der Waals surface area contributed by atoms with Crippen molar-refractivity contribution in [3.63, 3.8) is 0 Å². The summed E-state index contributed by atoms with van der Waals surface area (Å²) in [6, 6.07) is 7.50. The van der Waals surface area contributed by atoms with Crippen LogP contribution in [0.2, 0.25) is 0 Å². The zero-order valence-electron chi connectivity index (χ0n) is 13.2. The summed E-state index contributed by atoms with van der Waals surface area (Å²) in [7, 11) is 0. The number of rotatable bonds is 6. The highest BCUT2D eigenvalue weighted by atomic mass is 16.5. The third-order valence-electron chi connectivity index (χ3n) is 4.32. The molecule has 0 aromatic heterocycles. The molecule has 0 saturated heterocycles. The molecule has 1 aromatic rings. The number of aliphatic hydroxyl groups is 1. The molecule has 0 bridgehead atoms. The van der Waals surface area contributed by atoms with E-state index in [2.05, 4.69) is 5.32 Å². The van der Waals surface area contributed by atoms with Gasteiger partial charge in [0.2, 0.25) is 5.91 Å². The highest BCUT2D eigenvalue weighted by Gasteiger charge is 2.37. The van der Waals surface area contributed by atoms with Gasteiger partial charge in [-0.05, 0) is 37.5 Å². The van der Waals surface area contributed by atoms with Gasteiger partial charge in [0.25, 0.3) is 0 Å². The summed E-state index contributed by atoms with van der Waals surface area (Å²) in [6.45, 7) is 2.75. The van der Waals surface area contributed by atoms with Gasteiger partial charge in [-0.1, -0.05) is 25.0 Å². The fourth-order valence-electron chi connectivity index (χ4n) is 2.97. The number of aliphatic hydroxyl groups excluding tert-OH is 1. The Morgan fingerprint density at radius 1 is 1.41 bits per heavy atom. The van der Waals surface area contributed by atoms with Gasteiger partial charge in [0.05, 0.1) is 12.5 Å². The van der Waals surface area contributed by atoms with Crippen LogP contribution < -0.4 is 15.8 Å².